The molecule has 3 aromatic rings. The van der Waals surface area contributed by atoms with E-state index in [0.29, 0.717) is 18.1 Å². The zero-order valence-corrected chi connectivity index (χ0v) is 20.2. The van der Waals surface area contributed by atoms with Gasteiger partial charge < -0.3 is 10.0 Å². The van der Waals surface area contributed by atoms with Crippen molar-refractivity contribution in [2.45, 2.75) is 32.7 Å². The summed E-state index contributed by atoms with van der Waals surface area (Å²) in [6.45, 7) is 5.68. The smallest absolute Gasteiger partial charge is 0.294 e. The average Bonchev–Trinajstić information content (AvgIpc) is 3.15. The summed E-state index contributed by atoms with van der Waals surface area (Å²) in [5, 5.41) is 10.8. The van der Waals surface area contributed by atoms with Gasteiger partial charge >= 0.3 is 0 Å². The lowest BCUT2D eigenvalue weighted by molar-refractivity contribution is -0.118. The number of hydrogen-bond donors (Lipinski definition) is 1. The molecule has 36 heavy (non-hydrogen) atoms. The Labute approximate surface area is 209 Å². The molecule has 1 N–H and O–H groups in total. The molecule has 0 spiro atoms. The Morgan fingerprint density at radius 3 is 2.25 bits per heavy atom. The molecular weight excluding hydrogens is 462 g/mol. The van der Waals surface area contributed by atoms with E-state index in [1.54, 1.807) is 12.1 Å². The van der Waals surface area contributed by atoms with Crippen molar-refractivity contribution in [1.82, 2.24) is 0 Å². The summed E-state index contributed by atoms with van der Waals surface area (Å²) in [4.78, 5) is 29.7. The van der Waals surface area contributed by atoms with E-state index in [1.807, 2.05) is 56.3 Å². The summed E-state index contributed by atoms with van der Waals surface area (Å²) in [7, 11) is 0. The molecule has 0 bridgehead atoms. The quantitative estimate of drug-likeness (QED) is 0.405. The highest BCUT2D eigenvalue weighted by Gasteiger charge is 2.45. The molecule has 1 aliphatic rings. The number of hydrogen-bond acceptors (Lipinski definition) is 4. The summed E-state index contributed by atoms with van der Waals surface area (Å²) in [6.07, 6.45) is 0.480. The van der Waals surface area contributed by atoms with Gasteiger partial charge in [-0.3, -0.25) is 14.5 Å². The summed E-state index contributed by atoms with van der Waals surface area (Å²) in [5.41, 5.74) is 2.14. The Bertz CT molecular complexity index is 1290. The molecule has 4 rings (SSSR count). The summed E-state index contributed by atoms with van der Waals surface area (Å²) >= 11 is 0. The lowest BCUT2D eigenvalue weighted by Crippen LogP contribution is -2.32. The Hall–Kier alpha value is -4.00. The first kappa shape index (κ1) is 25.1. The van der Waals surface area contributed by atoms with E-state index in [-0.39, 0.29) is 17.7 Å². The maximum Gasteiger partial charge on any atom is 0.294 e. The SMILES string of the molecule is CCN(CC)c1ccc(C2C(C(=O)CCc3ccccc3)=C(O)C(=O)N2c2ccc(F)cc2F)cc1. The van der Waals surface area contributed by atoms with Crippen LogP contribution in [0.2, 0.25) is 0 Å². The number of aryl methyl sites for hydroxylation is 1. The predicted molar refractivity (Wildman–Crippen MR) is 136 cm³/mol. The van der Waals surface area contributed by atoms with Gasteiger partial charge in [0.25, 0.3) is 5.91 Å². The lowest BCUT2D eigenvalue weighted by atomic mass is 9.92. The van der Waals surface area contributed by atoms with Crippen molar-refractivity contribution in [1.29, 1.82) is 0 Å². The van der Waals surface area contributed by atoms with Gasteiger partial charge in [0.1, 0.15) is 11.6 Å². The second-order valence-electron chi connectivity index (χ2n) is 8.61. The lowest BCUT2D eigenvalue weighted by Gasteiger charge is -2.28. The van der Waals surface area contributed by atoms with E-state index in [1.165, 1.54) is 0 Å². The normalized spacial score (nSPS) is 15.5. The summed E-state index contributed by atoms with van der Waals surface area (Å²) < 4.78 is 28.4. The zero-order chi connectivity index (χ0) is 25.8. The van der Waals surface area contributed by atoms with E-state index in [4.69, 9.17) is 0 Å². The molecule has 186 valence electrons. The van der Waals surface area contributed by atoms with Crippen LogP contribution in [0, 0.1) is 11.6 Å². The molecule has 1 amide bonds. The largest absolute Gasteiger partial charge is 0.503 e. The number of carbonyl (C=O) groups is 2. The first-order chi connectivity index (χ1) is 17.3. The van der Waals surface area contributed by atoms with E-state index in [0.717, 1.165) is 41.4 Å². The highest BCUT2D eigenvalue weighted by atomic mass is 19.1. The van der Waals surface area contributed by atoms with Crippen LogP contribution in [0.15, 0.2) is 84.1 Å². The van der Waals surface area contributed by atoms with Crippen molar-refractivity contribution >= 4 is 23.1 Å². The number of ketones is 1. The van der Waals surface area contributed by atoms with Crippen LogP contribution >= 0.6 is 0 Å². The van der Waals surface area contributed by atoms with Gasteiger partial charge in [-0.25, -0.2) is 8.78 Å². The number of benzene rings is 3. The van der Waals surface area contributed by atoms with Gasteiger partial charge in [0.2, 0.25) is 0 Å². The van der Waals surface area contributed by atoms with Crippen LogP contribution in [0.4, 0.5) is 20.2 Å². The first-order valence-corrected chi connectivity index (χ1v) is 12.0. The number of nitrogens with zero attached hydrogens (tertiary/aromatic N) is 2. The summed E-state index contributed by atoms with van der Waals surface area (Å²) in [6, 6.07) is 18.5. The second-order valence-corrected chi connectivity index (χ2v) is 8.61. The third-order valence-electron chi connectivity index (χ3n) is 6.50. The van der Waals surface area contributed by atoms with Crippen molar-refractivity contribution in [2.24, 2.45) is 0 Å². The molecule has 1 unspecified atom stereocenters. The van der Waals surface area contributed by atoms with Crippen LogP contribution in [0.3, 0.4) is 0 Å². The predicted octanol–water partition coefficient (Wildman–Crippen LogP) is 5.91. The molecule has 3 aromatic carbocycles. The molecule has 0 saturated heterocycles. The Morgan fingerprint density at radius 2 is 1.64 bits per heavy atom. The van der Waals surface area contributed by atoms with Crippen LogP contribution in [0.1, 0.15) is 37.4 Å². The minimum absolute atomic E-state index is 0.0600. The Kier molecular flexibility index (Phi) is 7.48. The number of Topliss-reactive ketones (excluding diaryl/α,β-unsaturated/α-hetero) is 1. The van der Waals surface area contributed by atoms with Crippen molar-refractivity contribution in [3.8, 4) is 0 Å². The average molecular weight is 491 g/mol. The van der Waals surface area contributed by atoms with E-state index >= 15 is 0 Å². The van der Waals surface area contributed by atoms with E-state index in [2.05, 4.69) is 4.90 Å². The van der Waals surface area contributed by atoms with E-state index in [9.17, 15) is 23.5 Å². The third-order valence-corrected chi connectivity index (χ3v) is 6.50. The van der Waals surface area contributed by atoms with Gasteiger partial charge in [0.05, 0.1) is 17.3 Å². The number of amides is 1. The fourth-order valence-corrected chi connectivity index (χ4v) is 4.62. The molecule has 0 radical (unpaired) electrons. The summed E-state index contributed by atoms with van der Waals surface area (Å²) in [5.74, 6) is -3.78. The number of carbonyl (C=O) groups excluding carboxylic acids is 2. The van der Waals surface area contributed by atoms with Crippen molar-refractivity contribution in [3.63, 3.8) is 0 Å². The highest BCUT2D eigenvalue weighted by Crippen LogP contribution is 2.42. The van der Waals surface area contributed by atoms with Crippen molar-refractivity contribution in [3.05, 3.63) is 107 Å². The Morgan fingerprint density at radius 1 is 0.972 bits per heavy atom. The Balaban J connectivity index is 1.75. The number of rotatable bonds is 9. The molecule has 0 saturated carbocycles. The zero-order valence-electron chi connectivity index (χ0n) is 20.2. The van der Waals surface area contributed by atoms with Crippen LogP contribution < -0.4 is 9.80 Å². The van der Waals surface area contributed by atoms with Crippen LogP contribution in [-0.4, -0.2) is 29.9 Å². The monoisotopic (exact) mass is 490 g/mol. The van der Waals surface area contributed by atoms with Gasteiger partial charge in [-0.15, -0.1) is 0 Å². The van der Waals surface area contributed by atoms with E-state index < -0.39 is 35.1 Å². The van der Waals surface area contributed by atoms with Gasteiger partial charge in [0.15, 0.2) is 11.5 Å². The number of aliphatic hydroxyl groups excluding tert-OH is 1. The third kappa shape index (κ3) is 4.87. The first-order valence-electron chi connectivity index (χ1n) is 12.0. The minimum atomic E-state index is -1.05. The van der Waals surface area contributed by atoms with Crippen LogP contribution in [0.5, 0.6) is 0 Å². The molecule has 7 heteroatoms. The van der Waals surface area contributed by atoms with Crippen LogP contribution in [0.25, 0.3) is 0 Å². The molecule has 5 nitrogen and oxygen atoms in total. The van der Waals surface area contributed by atoms with Gasteiger partial charge in [-0.1, -0.05) is 42.5 Å². The van der Waals surface area contributed by atoms with Gasteiger partial charge in [-0.05, 0) is 55.7 Å². The van der Waals surface area contributed by atoms with Crippen LogP contribution in [-0.2, 0) is 16.0 Å². The molecule has 0 aliphatic carbocycles. The van der Waals surface area contributed by atoms with Crippen molar-refractivity contribution < 1.29 is 23.5 Å². The standard InChI is InChI=1S/C29H28F2N2O3/c1-3-32(4-2)22-14-11-20(12-15-22)27-26(25(34)17-10-19-8-6-5-7-9-19)28(35)29(36)33(27)24-16-13-21(30)18-23(24)31/h5-9,11-16,18,27,35H,3-4,10,17H2,1-2H3. The van der Waals surface area contributed by atoms with Gasteiger partial charge in [0, 0.05) is 31.3 Å². The molecule has 0 fully saturated rings. The number of aliphatic hydroxyl groups is 1. The number of halogens is 2. The topological polar surface area (TPSA) is 60.9 Å². The fraction of sp³-hybridized carbons (Fsp3) is 0.241. The fourth-order valence-electron chi connectivity index (χ4n) is 4.62. The maximum absolute atomic E-state index is 14.8. The molecule has 1 aliphatic heterocycles. The molecular formula is C29H28F2N2O3. The maximum atomic E-state index is 14.8. The molecule has 1 atom stereocenters. The second kappa shape index (κ2) is 10.7. The minimum Gasteiger partial charge on any atom is -0.503 e. The van der Waals surface area contributed by atoms with Crippen molar-refractivity contribution in [2.75, 3.05) is 22.9 Å². The van der Waals surface area contributed by atoms with Gasteiger partial charge in [-0.2, -0.15) is 0 Å². The highest BCUT2D eigenvalue weighted by molar-refractivity contribution is 6.16. The molecule has 0 aromatic heterocycles. The molecule has 1 heterocycles. The number of anilines is 2.